The summed E-state index contributed by atoms with van der Waals surface area (Å²) in [5, 5.41) is 14.4. The fourth-order valence-corrected chi connectivity index (χ4v) is 2.11. The van der Waals surface area contributed by atoms with E-state index in [4.69, 9.17) is 5.11 Å². The van der Waals surface area contributed by atoms with Gasteiger partial charge in [0.2, 0.25) is 0 Å². The van der Waals surface area contributed by atoms with E-state index in [1.807, 2.05) is 16.9 Å². The van der Waals surface area contributed by atoms with Crippen LogP contribution in [0, 0.1) is 5.92 Å². The van der Waals surface area contributed by atoms with Gasteiger partial charge < -0.3 is 5.11 Å². The van der Waals surface area contributed by atoms with Crippen LogP contribution >= 0.6 is 0 Å². The van der Waals surface area contributed by atoms with Crippen LogP contribution in [0.2, 0.25) is 0 Å². The van der Waals surface area contributed by atoms with Gasteiger partial charge in [0, 0.05) is 18.1 Å². The van der Waals surface area contributed by atoms with Crippen molar-refractivity contribution in [2.75, 3.05) is 0 Å². The van der Waals surface area contributed by atoms with Crippen LogP contribution in [-0.4, -0.2) is 20.9 Å². The first kappa shape index (κ1) is 12.6. The molecule has 0 saturated carbocycles. The molecular weight excluding hydrogens is 228 g/mol. The third-order valence-electron chi connectivity index (χ3n) is 3.40. The number of carbonyl (C=O) groups is 1. The minimum absolute atomic E-state index is 0.287. The quantitative estimate of drug-likeness (QED) is 0.881. The summed E-state index contributed by atoms with van der Waals surface area (Å²) < 4.78 is 1.92. The lowest BCUT2D eigenvalue weighted by molar-refractivity contribution is 0.0697. The maximum absolute atomic E-state index is 10.9. The van der Waals surface area contributed by atoms with Gasteiger partial charge in [-0.05, 0) is 18.1 Å². The van der Waals surface area contributed by atoms with Crippen molar-refractivity contribution in [2.24, 2.45) is 5.92 Å². The molecule has 1 aromatic carbocycles. The number of benzene rings is 1. The molecule has 0 bridgehead atoms. The highest BCUT2D eigenvalue weighted by molar-refractivity contribution is 5.92. The number of fused-ring (bicyclic) bond motifs is 1. The number of aromatic carboxylic acids is 1. The molecule has 0 amide bonds. The molecule has 1 N–H and O–H groups in total. The Morgan fingerprint density at radius 3 is 2.72 bits per heavy atom. The minimum Gasteiger partial charge on any atom is -0.478 e. The van der Waals surface area contributed by atoms with Gasteiger partial charge in [-0.15, -0.1) is 0 Å². The standard InChI is InChI=1S/C14H18N2O2/c1-3-10(4-2)8-16-9-12-6-5-11(14(17)18)7-13(12)15-16/h5-7,9-10H,3-4,8H2,1-2H3,(H,17,18). The van der Waals surface area contributed by atoms with Gasteiger partial charge in [0.05, 0.1) is 11.1 Å². The largest absolute Gasteiger partial charge is 0.478 e. The third-order valence-corrected chi connectivity index (χ3v) is 3.40. The molecule has 4 heteroatoms. The van der Waals surface area contributed by atoms with Crippen LogP contribution in [0.1, 0.15) is 37.0 Å². The van der Waals surface area contributed by atoms with Crippen LogP contribution < -0.4 is 0 Å². The van der Waals surface area contributed by atoms with Gasteiger partial charge in [-0.25, -0.2) is 4.79 Å². The van der Waals surface area contributed by atoms with E-state index in [9.17, 15) is 4.79 Å². The number of hydrogen-bond acceptors (Lipinski definition) is 2. The maximum atomic E-state index is 10.9. The summed E-state index contributed by atoms with van der Waals surface area (Å²) in [7, 11) is 0. The van der Waals surface area contributed by atoms with Crippen LogP contribution in [0.15, 0.2) is 24.4 Å². The molecule has 0 aliphatic heterocycles. The van der Waals surface area contributed by atoms with E-state index in [1.54, 1.807) is 12.1 Å². The Bertz CT molecular complexity index is 556. The lowest BCUT2D eigenvalue weighted by Gasteiger charge is -2.11. The maximum Gasteiger partial charge on any atom is 0.335 e. The number of aromatic nitrogens is 2. The fraction of sp³-hybridized carbons (Fsp3) is 0.429. The fourth-order valence-electron chi connectivity index (χ4n) is 2.11. The second-order valence-electron chi connectivity index (χ2n) is 4.61. The van der Waals surface area contributed by atoms with Gasteiger partial charge >= 0.3 is 5.97 Å². The van der Waals surface area contributed by atoms with Crippen molar-refractivity contribution in [3.05, 3.63) is 30.0 Å². The highest BCUT2D eigenvalue weighted by Crippen LogP contribution is 2.17. The molecule has 0 saturated heterocycles. The summed E-state index contributed by atoms with van der Waals surface area (Å²) in [6.07, 6.45) is 4.25. The highest BCUT2D eigenvalue weighted by atomic mass is 16.4. The first-order chi connectivity index (χ1) is 8.63. The third kappa shape index (κ3) is 2.53. The van der Waals surface area contributed by atoms with Crippen molar-refractivity contribution in [1.29, 1.82) is 0 Å². The van der Waals surface area contributed by atoms with Gasteiger partial charge in [-0.2, -0.15) is 5.10 Å². The van der Waals surface area contributed by atoms with Crippen LogP contribution in [0.4, 0.5) is 0 Å². The molecule has 96 valence electrons. The topological polar surface area (TPSA) is 55.1 Å². The van der Waals surface area contributed by atoms with E-state index in [0.717, 1.165) is 30.3 Å². The molecule has 0 spiro atoms. The van der Waals surface area contributed by atoms with E-state index in [2.05, 4.69) is 18.9 Å². The molecule has 0 fully saturated rings. The van der Waals surface area contributed by atoms with Gasteiger partial charge in [0.25, 0.3) is 0 Å². The number of rotatable bonds is 5. The Hall–Kier alpha value is -1.84. The summed E-state index contributed by atoms with van der Waals surface area (Å²) in [6.45, 7) is 5.25. The molecule has 1 heterocycles. The van der Waals surface area contributed by atoms with Crippen molar-refractivity contribution < 1.29 is 9.90 Å². The van der Waals surface area contributed by atoms with Gasteiger partial charge in [0.1, 0.15) is 0 Å². The normalized spacial score (nSPS) is 11.3. The predicted octanol–water partition coefficient (Wildman–Crippen LogP) is 3.17. The molecule has 2 aromatic rings. The van der Waals surface area contributed by atoms with Crippen LogP contribution in [0.3, 0.4) is 0 Å². The molecule has 0 aliphatic rings. The van der Waals surface area contributed by atoms with Crippen molar-refractivity contribution in [2.45, 2.75) is 33.2 Å². The average molecular weight is 246 g/mol. The van der Waals surface area contributed by atoms with Crippen molar-refractivity contribution >= 4 is 16.9 Å². The highest BCUT2D eigenvalue weighted by Gasteiger charge is 2.09. The summed E-state index contributed by atoms with van der Waals surface area (Å²) in [5.41, 5.74) is 1.04. The lowest BCUT2D eigenvalue weighted by Crippen LogP contribution is -2.09. The first-order valence-electron chi connectivity index (χ1n) is 6.34. The number of carboxylic acids is 1. The Kier molecular flexibility index (Phi) is 3.65. The summed E-state index contributed by atoms with van der Waals surface area (Å²) in [4.78, 5) is 10.9. The summed E-state index contributed by atoms with van der Waals surface area (Å²) in [6, 6.07) is 5.06. The Balaban J connectivity index is 2.29. The SMILES string of the molecule is CCC(CC)Cn1cc2ccc(C(=O)O)cc2n1. The van der Waals surface area contributed by atoms with E-state index < -0.39 is 5.97 Å². The zero-order chi connectivity index (χ0) is 13.1. The number of nitrogens with zero attached hydrogens (tertiary/aromatic N) is 2. The van der Waals surface area contributed by atoms with E-state index in [-0.39, 0.29) is 5.56 Å². The molecular formula is C14H18N2O2. The van der Waals surface area contributed by atoms with Crippen molar-refractivity contribution in [3.63, 3.8) is 0 Å². The van der Waals surface area contributed by atoms with E-state index >= 15 is 0 Å². The average Bonchev–Trinajstić information content (AvgIpc) is 2.76. The number of carboxylic acid groups (broad SMARTS) is 1. The Morgan fingerprint density at radius 2 is 2.11 bits per heavy atom. The van der Waals surface area contributed by atoms with Gasteiger partial charge in [-0.1, -0.05) is 32.8 Å². The zero-order valence-electron chi connectivity index (χ0n) is 10.8. The molecule has 0 radical (unpaired) electrons. The molecule has 0 aliphatic carbocycles. The lowest BCUT2D eigenvalue weighted by atomic mass is 10.0. The second kappa shape index (κ2) is 5.21. The Morgan fingerprint density at radius 1 is 1.39 bits per heavy atom. The number of hydrogen-bond donors (Lipinski definition) is 1. The van der Waals surface area contributed by atoms with E-state index in [0.29, 0.717) is 5.92 Å². The minimum atomic E-state index is -0.911. The smallest absolute Gasteiger partial charge is 0.335 e. The predicted molar refractivity (Wildman–Crippen MR) is 70.8 cm³/mol. The molecule has 2 rings (SSSR count). The van der Waals surface area contributed by atoms with Crippen molar-refractivity contribution in [1.82, 2.24) is 9.78 Å². The Labute approximate surface area is 106 Å². The molecule has 18 heavy (non-hydrogen) atoms. The zero-order valence-corrected chi connectivity index (χ0v) is 10.8. The van der Waals surface area contributed by atoms with Crippen LogP contribution in [-0.2, 0) is 6.54 Å². The van der Waals surface area contributed by atoms with Crippen LogP contribution in [0.5, 0.6) is 0 Å². The molecule has 1 aromatic heterocycles. The molecule has 0 atom stereocenters. The molecule has 4 nitrogen and oxygen atoms in total. The van der Waals surface area contributed by atoms with Crippen LogP contribution in [0.25, 0.3) is 10.9 Å². The summed E-state index contributed by atoms with van der Waals surface area (Å²) in [5.74, 6) is -0.287. The first-order valence-corrected chi connectivity index (χ1v) is 6.34. The van der Waals surface area contributed by atoms with E-state index in [1.165, 1.54) is 0 Å². The monoisotopic (exact) mass is 246 g/mol. The van der Waals surface area contributed by atoms with Gasteiger partial charge in [-0.3, -0.25) is 4.68 Å². The second-order valence-corrected chi connectivity index (χ2v) is 4.61. The van der Waals surface area contributed by atoms with Gasteiger partial charge in [0.15, 0.2) is 0 Å². The summed E-state index contributed by atoms with van der Waals surface area (Å²) >= 11 is 0. The molecule has 0 unspecified atom stereocenters. The van der Waals surface area contributed by atoms with Crippen molar-refractivity contribution in [3.8, 4) is 0 Å².